The number of nitrogens with one attached hydrogen (secondary N) is 1. The zero-order valence-corrected chi connectivity index (χ0v) is 18.9. The van der Waals surface area contributed by atoms with E-state index in [2.05, 4.69) is 29.0 Å². The molecule has 4 heterocycles. The first-order chi connectivity index (χ1) is 15.3. The van der Waals surface area contributed by atoms with Crippen LogP contribution in [0, 0.1) is 0 Å². The summed E-state index contributed by atoms with van der Waals surface area (Å²) in [5.74, 6) is 0.473. The van der Waals surface area contributed by atoms with Crippen molar-refractivity contribution in [2.75, 3.05) is 5.32 Å². The number of rotatable bonds is 7. The Morgan fingerprint density at radius 1 is 1.12 bits per heavy atom. The zero-order valence-electron chi connectivity index (χ0n) is 16.2. The molecule has 0 aromatic carbocycles. The number of aromatic nitrogens is 4. The molecule has 0 saturated carbocycles. The Hall–Kier alpha value is -2.09. The summed E-state index contributed by atoms with van der Waals surface area (Å²) in [6.45, 7) is 0. The number of amides is 1. The molecule has 0 spiro atoms. The van der Waals surface area contributed by atoms with Crippen molar-refractivity contribution in [2.45, 2.75) is 25.2 Å². The number of nitrogens with zero attached hydrogens (tertiary/aromatic N) is 4. The summed E-state index contributed by atoms with van der Waals surface area (Å²) >= 11 is 0. The molecule has 2 aromatic rings. The second-order valence-corrected chi connectivity index (χ2v) is 11.5. The SMILES string of the molecule is O=C1C=Cc2nn([C@H]3CC[C@@H](/C=C/P(=O)(O)OP(=O)(O)OP(=O)(O)O)O3)c3ncnc(c23)N1. The Balaban J connectivity index is 1.49. The van der Waals surface area contributed by atoms with E-state index in [1.165, 1.54) is 23.2 Å². The van der Waals surface area contributed by atoms with Crippen LogP contribution in [0.3, 0.4) is 0 Å². The summed E-state index contributed by atoms with van der Waals surface area (Å²) in [4.78, 5) is 56.0. The van der Waals surface area contributed by atoms with Crippen LogP contribution in [0.15, 0.2) is 24.3 Å². The summed E-state index contributed by atoms with van der Waals surface area (Å²) in [5, 5.41) is 7.54. The number of ether oxygens (including phenoxy) is 1. The van der Waals surface area contributed by atoms with E-state index in [9.17, 15) is 28.3 Å². The van der Waals surface area contributed by atoms with Gasteiger partial charge in [0.05, 0.1) is 17.2 Å². The molecule has 0 radical (unpaired) electrons. The topological polar surface area (TPSA) is 233 Å². The maximum Gasteiger partial charge on any atom is 0.488 e. The lowest BCUT2D eigenvalue weighted by Crippen LogP contribution is -2.13. The van der Waals surface area contributed by atoms with Crippen molar-refractivity contribution in [3.63, 3.8) is 0 Å². The number of carbonyl (C=O) groups excluding carboxylic acids is 1. The molecule has 2 aliphatic heterocycles. The molecule has 16 nitrogen and oxygen atoms in total. The Morgan fingerprint density at radius 3 is 2.61 bits per heavy atom. The number of carbonyl (C=O) groups is 1. The van der Waals surface area contributed by atoms with Gasteiger partial charge < -0.3 is 29.6 Å². The molecule has 5 N–H and O–H groups in total. The molecule has 1 fully saturated rings. The van der Waals surface area contributed by atoms with Crippen molar-refractivity contribution in [1.29, 1.82) is 0 Å². The molecule has 2 unspecified atom stereocenters. The van der Waals surface area contributed by atoms with E-state index in [1.807, 2.05) is 0 Å². The lowest BCUT2D eigenvalue weighted by atomic mass is 10.2. The summed E-state index contributed by atoms with van der Waals surface area (Å²) in [5.41, 5.74) is 0.835. The van der Waals surface area contributed by atoms with Crippen molar-refractivity contribution < 1.29 is 51.4 Å². The predicted molar refractivity (Wildman–Crippen MR) is 109 cm³/mol. The van der Waals surface area contributed by atoms with E-state index in [-0.39, 0.29) is 11.7 Å². The van der Waals surface area contributed by atoms with Gasteiger partial charge in [0.2, 0.25) is 5.91 Å². The zero-order chi connectivity index (χ0) is 24.0. The van der Waals surface area contributed by atoms with E-state index in [0.717, 1.165) is 6.08 Å². The smallest absolute Gasteiger partial charge is 0.349 e. The third-order valence-electron chi connectivity index (χ3n) is 4.37. The van der Waals surface area contributed by atoms with Gasteiger partial charge >= 0.3 is 23.2 Å². The lowest BCUT2D eigenvalue weighted by molar-refractivity contribution is -0.111. The fourth-order valence-corrected chi connectivity index (χ4v) is 6.49. The van der Waals surface area contributed by atoms with Gasteiger partial charge in [-0.1, -0.05) is 0 Å². The molecule has 33 heavy (non-hydrogen) atoms. The fraction of sp³-hybridized carbons (Fsp3) is 0.286. The highest BCUT2D eigenvalue weighted by atomic mass is 31.3. The first-order valence-electron chi connectivity index (χ1n) is 9.02. The van der Waals surface area contributed by atoms with Gasteiger partial charge in [0.15, 0.2) is 11.9 Å². The fourth-order valence-electron chi connectivity index (χ4n) is 3.22. The van der Waals surface area contributed by atoms with Crippen molar-refractivity contribution in [1.82, 2.24) is 19.7 Å². The van der Waals surface area contributed by atoms with E-state index < -0.39 is 35.6 Å². The third kappa shape index (κ3) is 5.70. The Labute approximate surface area is 184 Å². The second-order valence-electron chi connectivity index (χ2n) is 6.81. The van der Waals surface area contributed by atoms with Gasteiger partial charge in [-0.25, -0.2) is 28.1 Å². The highest BCUT2D eigenvalue weighted by molar-refractivity contribution is 7.69. The number of anilines is 1. The first kappa shape index (κ1) is 24.0. The van der Waals surface area contributed by atoms with Crippen LogP contribution in [0.2, 0.25) is 0 Å². The molecule has 0 bridgehead atoms. The van der Waals surface area contributed by atoms with E-state index in [0.29, 0.717) is 35.4 Å². The first-order valence-corrected chi connectivity index (χ1v) is 13.7. The van der Waals surface area contributed by atoms with Gasteiger partial charge in [-0.3, -0.25) is 9.36 Å². The van der Waals surface area contributed by atoms with Crippen LogP contribution in [-0.2, 0) is 31.8 Å². The number of phosphoric acid groups is 2. The van der Waals surface area contributed by atoms with Crippen molar-refractivity contribution in [2.24, 2.45) is 0 Å². The molecule has 2 aromatic heterocycles. The number of hydrogen-bond donors (Lipinski definition) is 5. The van der Waals surface area contributed by atoms with Gasteiger partial charge in [-0.2, -0.15) is 9.41 Å². The maximum absolute atomic E-state index is 12.0. The van der Waals surface area contributed by atoms with E-state index in [1.54, 1.807) is 0 Å². The third-order valence-corrected chi connectivity index (χ3v) is 8.36. The summed E-state index contributed by atoms with van der Waals surface area (Å²) in [7, 11) is -15.9. The second kappa shape index (κ2) is 8.60. The standard InChI is InChI=1S/C14H16N5O11P3/c20-10-3-2-9-12-13(17-10)15-7-16-14(12)19(18-9)11-4-1-8(28-11)5-6-31(21,22)29-33(26,27)30-32(23,24)25/h2-3,5-8,11H,1,4H2,(H,21,22)(H,26,27)(H2,23,24,25)(H,15,16,17,20)/b6-5+/t8-,11+/m0/s1. The van der Waals surface area contributed by atoms with Crippen LogP contribution in [0.4, 0.5) is 5.82 Å². The molecule has 2 aliphatic rings. The van der Waals surface area contributed by atoms with E-state index >= 15 is 0 Å². The summed E-state index contributed by atoms with van der Waals surface area (Å²) in [6.07, 6.45) is 4.57. The minimum absolute atomic E-state index is 0.287. The largest absolute Gasteiger partial charge is 0.488 e. The molecule has 1 saturated heterocycles. The monoisotopic (exact) mass is 523 g/mol. The molecular weight excluding hydrogens is 507 g/mol. The van der Waals surface area contributed by atoms with Crippen LogP contribution in [-0.4, -0.2) is 51.3 Å². The molecule has 0 aliphatic carbocycles. The number of hydrogen-bond acceptors (Lipinski definition) is 10. The van der Waals surface area contributed by atoms with E-state index in [4.69, 9.17) is 14.5 Å². The minimum Gasteiger partial charge on any atom is -0.349 e. The summed E-state index contributed by atoms with van der Waals surface area (Å²) < 4.78 is 48.9. The van der Waals surface area contributed by atoms with Crippen LogP contribution < -0.4 is 5.32 Å². The van der Waals surface area contributed by atoms with Gasteiger partial charge in [0, 0.05) is 11.9 Å². The Bertz CT molecular complexity index is 1320. The highest BCUT2D eigenvalue weighted by Crippen LogP contribution is 2.66. The molecule has 19 heteroatoms. The minimum atomic E-state index is -5.52. The molecule has 4 atom stereocenters. The molecular formula is C14H16N5O11P3. The van der Waals surface area contributed by atoms with Crippen LogP contribution >= 0.6 is 23.2 Å². The Kier molecular flexibility index (Phi) is 6.27. The normalized spacial score (nSPS) is 24.5. The van der Waals surface area contributed by atoms with Crippen molar-refractivity contribution in [3.8, 4) is 0 Å². The van der Waals surface area contributed by atoms with Gasteiger partial charge in [0.25, 0.3) is 0 Å². The van der Waals surface area contributed by atoms with Gasteiger partial charge in [-0.15, -0.1) is 0 Å². The van der Waals surface area contributed by atoms with Crippen molar-refractivity contribution >= 4 is 52.1 Å². The average Bonchev–Trinajstić information content (AvgIpc) is 3.22. The van der Waals surface area contributed by atoms with Crippen molar-refractivity contribution in [3.05, 3.63) is 30.0 Å². The van der Waals surface area contributed by atoms with Crippen LogP contribution in [0.1, 0.15) is 24.8 Å². The molecule has 1 amide bonds. The van der Waals surface area contributed by atoms with Gasteiger partial charge in [-0.05, 0) is 25.0 Å². The lowest BCUT2D eigenvalue weighted by Gasteiger charge is -2.15. The average molecular weight is 523 g/mol. The highest BCUT2D eigenvalue weighted by Gasteiger charge is 2.39. The molecule has 4 rings (SSSR count). The van der Waals surface area contributed by atoms with Crippen LogP contribution in [0.25, 0.3) is 17.1 Å². The summed E-state index contributed by atoms with van der Waals surface area (Å²) in [6, 6.07) is 0. The Morgan fingerprint density at radius 2 is 1.88 bits per heavy atom. The maximum atomic E-state index is 12.0. The molecule has 178 valence electrons. The predicted octanol–water partition coefficient (Wildman–Crippen LogP) is 1.39. The quantitative estimate of drug-likeness (QED) is 0.323. The van der Waals surface area contributed by atoms with Crippen LogP contribution in [0.5, 0.6) is 0 Å². The van der Waals surface area contributed by atoms with Gasteiger partial charge in [0.1, 0.15) is 12.1 Å².